The summed E-state index contributed by atoms with van der Waals surface area (Å²) in [5, 5.41) is 14.5. The first-order valence-corrected chi connectivity index (χ1v) is 13.7. The minimum Gasteiger partial charge on any atom is -0.491 e. The molecule has 1 aliphatic rings. The Balaban J connectivity index is 1.49. The zero-order valence-electron chi connectivity index (χ0n) is 21.4. The molecular formula is C28H35N5O2S. The van der Waals surface area contributed by atoms with E-state index in [0.717, 1.165) is 47.8 Å². The van der Waals surface area contributed by atoms with Crippen molar-refractivity contribution in [1.82, 2.24) is 14.9 Å². The Bertz CT molecular complexity index is 1180. The standard InChI is InChI=1S/C28H35N5O2S/c1-5-32(6-2)13-14-35-22-11-12-26(30-19-22)31-27-17-25-21(18-29-27)16-24(28(34)33(25)7-3)20-9-8-10-23(15-20)36-4/h8-12,15-19,28,34H,5-7,13-14H2,1-4H3,(H,29,30,31). The molecule has 3 aromatic rings. The second-order valence-electron chi connectivity index (χ2n) is 8.50. The molecule has 1 aromatic carbocycles. The molecule has 1 aliphatic heterocycles. The van der Waals surface area contributed by atoms with E-state index in [1.54, 1.807) is 18.0 Å². The first-order valence-electron chi connectivity index (χ1n) is 12.4. The molecule has 0 fully saturated rings. The van der Waals surface area contributed by atoms with Crippen molar-refractivity contribution in [1.29, 1.82) is 0 Å². The maximum atomic E-state index is 11.2. The van der Waals surface area contributed by atoms with Crippen LogP contribution in [0.15, 0.2) is 59.8 Å². The van der Waals surface area contributed by atoms with Gasteiger partial charge in [0.1, 0.15) is 24.0 Å². The predicted octanol–water partition coefficient (Wildman–Crippen LogP) is 5.36. The molecule has 7 nitrogen and oxygen atoms in total. The highest BCUT2D eigenvalue weighted by Gasteiger charge is 2.27. The summed E-state index contributed by atoms with van der Waals surface area (Å²) in [4.78, 5) is 14.6. The number of anilines is 3. The van der Waals surface area contributed by atoms with Crippen LogP contribution in [0, 0.1) is 0 Å². The van der Waals surface area contributed by atoms with Crippen LogP contribution >= 0.6 is 11.8 Å². The summed E-state index contributed by atoms with van der Waals surface area (Å²) >= 11 is 1.69. The SMILES string of the molecule is CCN(CC)CCOc1ccc(Nc2cc3c(cn2)C=C(c2cccc(SC)c2)C(O)N3CC)nc1. The van der Waals surface area contributed by atoms with Gasteiger partial charge in [-0.2, -0.15) is 0 Å². The van der Waals surface area contributed by atoms with E-state index in [2.05, 4.69) is 52.4 Å². The zero-order chi connectivity index (χ0) is 25.5. The fraction of sp³-hybridized carbons (Fsp3) is 0.357. The van der Waals surface area contributed by atoms with Crippen molar-refractivity contribution in [3.8, 4) is 5.75 Å². The highest BCUT2D eigenvalue weighted by Crippen LogP contribution is 2.37. The maximum absolute atomic E-state index is 11.2. The topological polar surface area (TPSA) is 73.8 Å². The third kappa shape index (κ3) is 6.00. The van der Waals surface area contributed by atoms with Crippen molar-refractivity contribution < 1.29 is 9.84 Å². The van der Waals surface area contributed by atoms with E-state index in [9.17, 15) is 5.11 Å². The minimum atomic E-state index is -0.735. The van der Waals surface area contributed by atoms with E-state index in [0.29, 0.717) is 24.8 Å². The van der Waals surface area contributed by atoms with Gasteiger partial charge < -0.3 is 25.0 Å². The third-order valence-corrected chi connectivity index (χ3v) is 7.14. The van der Waals surface area contributed by atoms with Crippen molar-refractivity contribution >= 4 is 40.7 Å². The number of aromatic nitrogens is 2. The molecule has 0 aliphatic carbocycles. The molecule has 4 rings (SSSR count). The van der Waals surface area contributed by atoms with Crippen LogP contribution < -0.4 is 15.0 Å². The van der Waals surface area contributed by atoms with Crippen LogP contribution in [-0.4, -0.2) is 65.2 Å². The molecule has 190 valence electrons. The average Bonchev–Trinajstić information content (AvgIpc) is 2.92. The first-order chi connectivity index (χ1) is 17.6. The number of hydrogen-bond donors (Lipinski definition) is 2. The number of aliphatic hydroxyl groups excluding tert-OH is 1. The predicted molar refractivity (Wildman–Crippen MR) is 150 cm³/mol. The van der Waals surface area contributed by atoms with Gasteiger partial charge in [0, 0.05) is 41.4 Å². The van der Waals surface area contributed by atoms with Gasteiger partial charge in [-0.1, -0.05) is 26.0 Å². The van der Waals surface area contributed by atoms with E-state index in [-0.39, 0.29) is 0 Å². The first kappa shape index (κ1) is 26.0. The molecule has 1 atom stereocenters. The summed E-state index contributed by atoms with van der Waals surface area (Å²) in [6, 6.07) is 14.0. The van der Waals surface area contributed by atoms with Crippen molar-refractivity contribution in [3.05, 3.63) is 66.0 Å². The Hall–Kier alpha value is -3.07. The van der Waals surface area contributed by atoms with Gasteiger partial charge in [0.25, 0.3) is 0 Å². The van der Waals surface area contributed by atoms with Crippen molar-refractivity contribution in [3.63, 3.8) is 0 Å². The Labute approximate surface area is 218 Å². The van der Waals surface area contributed by atoms with Gasteiger partial charge >= 0.3 is 0 Å². The fourth-order valence-electron chi connectivity index (χ4n) is 4.31. The highest BCUT2D eigenvalue weighted by molar-refractivity contribution is 7.98. The van der Waals surface area contributed by atoms with Gasteiger partial charge in [-0.05, 0) is 62.2 Å². The normalized spacial score (nSPS) is 15.0. The van der Waals surface area contributed by atoms with Gasteiger partial charge in [-0.25, -0.2) is 9.97 Å². The Morgan fingerprint density at radius 2 is 1.86 bits per heavy atom. The molecule has 0 amide bonds. The number of benzene rings is 1. The third-order valence-electron chi connectivity index (χ3n) is 6.41. The van der Waals surface area contributed by atoms with Gasteiger partial charge in [-0.15, -0.1) is 11.8 Å². The lowest BCUT2D eigenvalue weighted by molar-refractivity contribution is 0.222. The largest absolute Gasteiger partial charge is 0.491 e. The van der Waals surface area contributed by atoms with E-state index >= 15 is 0 Å². The van der Waals surface area contributed by atoms with Gasteiger partial charge in [0.2, 0.25) is 0 Å². The Kier molecular flexibility index (Phi) is 8.85. The lowest BCUT2D eigenvalue weighted by Gasteiger charge is -2.35. The number of pyridine rings is 2. The van der Waals surface area contributed by atoms with Gasteiger partial charge in [0.05, 0.1) is 11.9 Å². The molecule has 2 aromatic heterocycles. The number of rotatable bonds is 11. The number of ether oxygens (including phenoxy) is 1. The van der Waals surface area contributed by atoms with Crippen LogP contribution in [-0.2, 0) is 0 Å². The second-order valence-corrected chi connectivity index (χ2v) is 9.38. The van der Waals surface area contributed by atoms with E-state index in [1.165, 1.54) is 4.90 Å². The molecule has 0 spiro atoms. The summed E-state index contributed by atoms with van der Waals surface area (Å²) in [5.41, 5.74) is 3.80. The number of nitrogens with zero attached hydrogens (tertiary/aromatic N) is 4. The Morgan fingerprint density at radius 3 is 2.56 bits per heavy atom. The molecule has 0 radical (unpaired) electrons. The summed E-state index contributed by atoms with van der Waals surface area (Å²) in [5.74, 6) is 2.10. The minimum absolute atomic E-state index is 0.634. The van der Waals surface area contributed by atoms with Gasteiger partial charge in [0.15, 0.2) is 6.23 Å². The maximum Gasteiger partial charge on any atom is 0.153 e. The molecule has 2 N–H and O–H groups in total. The molecule has 0 saturated heterocycles. The monoisotopic (exact) mass is 505 g/mol. The quantitative estimate of drug-likeness (QED) is 0.337. The lowest BCUT2D eigenvalue weighted by Crippen LogP contribution is -2.38. The molecule has 0 saturated carbocycles. The van der Waals surface area contributed by atoms with Crippen LogP contribution in [0.1, 0.15) is 31.9 Å². The summed E-state index contributed by atoms with van der Waals surface area (Å²) < 4.78 is 5.83. The molecule has 36 heavy (non-hydrogen) atoms. The van der Waals surface area contributed by atoms with E-state index in [1.807, 2.05) is 54.4 Å². The highest BCUT2D eigenvalue weighted by atomic mass is 32.2. The molecule has 1 unspecified atom stereocenters. The van der Waals surface area contributed by atoms with E-state index < -0.39 is 6.23 Å². The molecule has 8 heteroatoms. The van der Waals surface area contributed by atoms with Crippen molar-refractivity contribution in [2.75, 3.05) is 49.3 Å². The number of fused-ring (bicyclic) bond motifs is 1. The summed E-state index contributed by atoms with van der Waals surface area (Å²) in [6.07, 6.45) is 6.92. The van der Waals surface area contributed by atoms with Crippen LogP contribution in [0.2, 0.25) is 0 Å². The average molecular weight is 506 g/mol. The zero-order valence-corrected chi connectivity index (χ0v) is 22.3. The van der Waals surface area contributed by atoms with Crippen LogP contribution in [0.5, 0.6) is 5.75 Å². The number of aliphatic hydroxyl groups is 1. The number of hydrogen-bond acceptors (Lipinski definition) is 8. The van der Waals surface area contributed by atoms with Gasteiger partial charge in [-0.3, -0.25) is 0 Å². The fourth-order valence-corrected chi connectivity index (χ4v) is 4.77. The number of nitrogens with one attached hydrogen (secondary N) is 1. The van der Waals surface area contributed by atoms with Crippen LogP contribution in [0.25, 0.3) is 11.6 Å². The second kappa shape index (κ2) is 12.3. The number of thioether (sulfide) groups is 1. The molecule has 3 heterocycles. The summed E-state index contributed by atoms with van der Waals surface area (Å²) in [7, 11) is 0. The summed E-state index contributed by atoms with van der Waals surface area (Å²) in [6.45, 7) is 10.6. The van der Waals surface area contributed by atoms with E-state index in [4.69, 9.17) is 4.74 Å². The molecular weight excluding hydrogens is 470 g/mol. The van der Waals surface area contributed by atoms with Crippen molar-refractivity contribution in [2.45, 2.75) is 31.9 Å². The number of likely N-dealkylation sites (N-methyl/N-ethyl adjacent to an activating group) is 2. The van der Waals surface area contributed by atoms with Crippen molar-refractivity contribution in [2.24, 2.45) is 0 Å². The van der Waals surface area contributed by atoms with Crippen LogP contribution in [0.4, 0.5) is 17.3 Å². The lowest BCUT2D eigenvalue weighted by atomic mass is 9.96. The smallest absolute Gasteiger partial charge is 0.153 e. The van der Waals surface area contributed by atoms with Crippen LogP contribution in [0.3, 0.4) is 0 Å². The Morgan fingerprint density at radius 1 is 1.06 bits per heavy atom. The molecule has 0 bridgehead atoms.